The number of nitrogens with zero attached hydrogens (tertiary/aromatic N) is 3. The van der Waals surface area contributed by atoms with Crippen molar-refractivity contribution in [1.82, 2.24) is 15.0 Å². The minimum atomic E-state index is 0.812. The highest BCUT2D eigenvalue weighted by Crippen LogP contribution is 2.14. The highest BCUT2D eigenvalue weighted by Gasteiger charge is 2.00. The van der Waals surface area contributed by atoms with Gasteiger partial charge in [0.1, 0.15) is 5.75 Å². The molecule has 0 fully saturated rings. The summed E-state index contributed by atoms with van der Waals surface area (Å²) < 4.78 is 7.44. The molecule has 0 spiro atoms. The van der Waals surface area contributed by atoms with Crippen molar-refractivity contribution in [3.8, 4) is 5.75 Å². The molecule has 0 saturated carbocycles. The molecule has 2 aromatic rings. The van der Waals surface area contributed by atoms with Crippen molar-refractivity contribution >= 4 is 0 Å². The largest absolute Gasteiger partial charge is 0.494 e. The topological polar surface area (TPSA) is 39.9 Å². The summed E-state index contributed by atoms with van der Waals surface area (Å²) in [6, 6.07) is 8.37. The van der Waals surface area contributed by atoms with Gasteiger partial charge in [0, 0.05) is 13.2 Å². The molecule has 1 heterocycles. The Morgan fingerprint density at radius 3 is 2.55 bits per heavy atom. The van der Waals surface area contributed by atoms with Gasteiger partial charge < -0.3 is 4.74 Å². The van der Waals surface area contributed by atoms with Crippen LogP contribution in [0.3, 0.4) is 0 Å². The Labute approximate surface area is 120 Å². The van der Waals surface area contributed by atoms with E-state index in [0.29, 0.717) is 0 Å². The molecular weight excluding hydrogens is 250 g/mol. The molecule has 4 heteroatoms. The van der Waals surface area contributed by atoms with Crippen LogP contribution < -0.4 is 4.74 Å². The van der Waals surface area contributed by atoms with E-state index in [-0.39, 0.29) is 0 Å². The van der Waals surface area contributed by atoms with Crippen LogP contribution in [0, 0.1) is 0 Å². The quantitative estimate of drug-likeness (QED) is 0.694. The van der Waals surface area contributed by atoms with E-state index in [1.54, 1.807) is 4.68 Å². The molecule has 0 aliphatic rings. The smallest absolute Gasteiger partial charge is 0.119 e. The van der Waals surface area contributed by atoms with Crippen molar-refractivity contribution < 1.29 is 4.74 Å². The van der Waals surface area contributed by atoms with E-state index in [1.165, 1.54) is 18.4 Å². The molecule has 4 nitrogen and oxygen atoms in total. The number of aryl methyl sites for hydroxylation is 3. The van der Waals surface area contributed by atoms with Gasteiger partial charge >= 0.3 is 0 Å². The molecule has 1 aromatic carbocycles. The molecule has 0 bridgehead atoms. The third-order valence-corrected chi connectivity index (χ3v) is 3.26. The average Bonchev–Trinajstić information content (AvgIpc) is 2.88. The van der Waals surface area contributed by atoms with E-state index in [1.807, 2.05) is 13.2 Å². The Bertz CT molecular complexity index is 505. The first-order valence-corrected chi connectivity index (χ1v) is 7.35. The predicted molar refractivity (Wildman–Crippen MR) is 79.9 cm³/mol. The average molecular weight is 273 g/mol. The molecule has 108 valence electrons. The molecular formula is C16H23N3O. The van der Waals surface area contributed by atoms with Gasteiger partial charge in [-0.25, -0.2) is 0 Å². The lowest BCUT2D eigenvalue weighted by atomic mass is 10.1. The van der Waals surface area contributed by atoms with Gasteiger partial charge in [0.05, 0.1) is 12.3 Å². The lowest BCUT2D eigenvalue weighted by Gasteiger charge is -2.06. The molecule has 0 aliphatic heterocycles. The Kier molecular flexibility index (Phi) is 5.59. The first-order chi connectivity index (χ1) is 9.78. The van der Waals surface area contributed by atoms with Crippen molar-refractivity contribution in [2.24, 2.45) is 7.05 Å². The van der Waals surface area contributed by atoms with Gasteiger partial charge in [-0.15, -0.1) is 5.10 Å². The van der Waals surface area contributed by atoms with Crippen LogP contribution in [0.4, 0.5) is 0 Å². The summed E-state index contributed by atoms with van der Waals surface area (Å²) in [6.07, 6.45) is 7.45. The summed E-state index contributed by atoms with van der Waals surface area (Å²) >= 11 is 0. The summed E-state index contributed by atoms with van der Waals surface area (Å²) in [5.41, 5.74) is 2.34. The second-order valence-electron chi connectivity index (χ2n) is 5.08. The molecule has 20 heavy (non-hydrogen) atoms. The van der Waals surface area contributed by atoms with E-state index in [9.17, 15) is 0 Å². The lowest BCUT2D eigenvalue weighted by Crippen LogP contribution is -1.97. The molecule has 0 unspecified atom stereocenters. The first-order valence-electron chi connectivity index (χ1n) is 7.35. The Morgan fingerprint density at radius 1 is 1.10 bits per heavy atom. The Morgan fingerprint density at radius 2 is 1.90 bits per heavy atom. The van der Waals surface area contributed by atoms with Gasteiger partial charge in [0.25, 0.3) is 0 Å². The molecule has 2 rings (SSSR count). The van der Waals surface area contributed by atoms with Gasteiger partial charge in [-0.3, -0.25) is 4.68 Å². The third-order valence-electron chi connectivity index (χ3n) is 3.26. The van der Waals surface area contributed by atoms with E-state index in [2.05, 4.69) is 41.5 Å². The van der Waals surface area contributed by atoms with Crippen LogP contribution in [0.5, 0.6) is 5.75 Å². The maximum absolute atomic E-state index is 5.70. The zero-order valence-corrected chi connectivity index (χ0v) is 12.4. The van der Waals surface area contributed by atoms with Crippen LogP contribution in [-0.4, -0.2) is 21.6 Å². The van der Waals surface area contributed by atoms with Gasteiger partial charge in [-0.2, -0.15) is 0 Å². The number of ether oxygens (including phenoxy) is 1. The maximum atomic E-state index is 5.70. The van der Waals surface area contributed by atoms with E-state index in [0.717, 1.165) is 37.3 Å². The second-order valence-corrected chi connectivity index (χ2v) is 5.08. The fourth-order valence-electron chi connectivity index (χ4n) is 2.08. The summed E-state index contributed by atoms with van der Waals surface area (Å²) in [4.78, 5) is 0. The number of unbranched alkanes of at least 4 members (excludes halogenated alkanes) is 2. The van der Waals surface area contributed by atoms with Crippen molar-refractivity contribution in [2.75, 3.05) is 6.61 Å². The van der Waals surface area contributed by atoms with Crippen LogP contribution >= 0.6 is 0 Å². The zero-order chi connectivity index (χ0) is 14.2. The van der Waals surface area contributed by atoms with Crippen molar-refractivity contribution in [3.63, 3.8) is 0 Å². The fraction of sp³-hybridized carbons (Fsp3) is 0.500. The Hall–Kier alpha value is -1.84. The second kappa shape index (κ2) is 7.68. The number of hydrogen-bond acceptors (Lipinski definition) is 3. The SMILES string of the molecule is CCCCCOc1ccc(CCc2cn(C)nn2)cc1. The van der Waals surface area contributed by atoms with E-state index >= 15 is 0 Å². The summed E-state index contributed by atoms with van der Waals surface area (Å²) in [6.45, 7) is 3.01. The minimum Gasteiger partial charge on any atom is -0.494 e. The third kappa shape index (κ3) is 4.68. The molecule has 0 saturated heterocycles. The van der Waals surface area contributed by atoms with E-state index in [4.69, 9.17) is 4.74 Å². The normalized spacial score (nSPS) is 10.7. The Balaban J connectivity index is 1.76. The van der Waals surface area contributed by atoms with Gasteiger partial charge in [-0.05, 0) is 37.0 Å². The number of hydrogen-bond donors (Lipinski definition) is 0. The predicted octanol–water partition coefficient (Wildman–Crippen LogP) is 3.17. The first kappa shape index (κ1) is 14.6. The molecule has 1 aromatic heterocycles. The lowest BCUT2D eigenvalue weighted by molar-refractivity contribution is 0.306. The highest BCUT2D eigenvalue weighted by atomic mass is 16.5. The van der Waals surface area contributed by atoms with Crippen molar-refractivity contribution in [2.45, 2.75) is 39.0 Å². The minimum absolute atomic E-state index is 0.812. The zero-order valence-electron chi connectivity index (χ0n) is 12.4. The highest BCUT2D eigenvalue weighted by molar-refractivity contribution is 5.27. The summed E-state index contributed by atoms with van der Waals surface area (Å²) in [7, 11) is 1.89. The number of aromatic nitrogens is 3. The summed E-state index contributed by atoms with van der Waals surface area (Å²) in [5.74, 6) is 0.962. The van der Waals surface area contributed by atoms with Crippen LogP contribution in [0.1, 0.15) is 37.4 Å². The van der Waals surface area contributed by atoms with E-state index < -0.39 is 0 Å². The van der Waals surface area contributed by atoms with Gasteiger partial charge in [-0.1, -0.05) is 37.1 Å². The van der Waals surface area contributed by atoms with Gasteiger partial charge in [0.15, 0.2) is 0 Å². The monoisotopic (exact) mass is 273 g/mol. The molecule has 0 amide bonds. The molecule has 0 atom stereocenters. The summed E-state index contributed by atoms with van der Waals surface area (Å²) in [5, 5.41) is 8.03. The molecule has 0 aliphatic carbocycles. The maximum Gasteiger partial charge on any atom is 0.119 e. The van der Waals surface area contributed by atoms with Crippen molar-refractivity contribution in [3.05, 3.63) is 41.7 Å². The van der Waals surface area contributed by atoms with Gasteiger partial charge in [0.2, 0.25) is 0 Å². The van der Waals surface area contributed by atoms with Crippen LogP contribution in [-0.2, 0) is 19.9 Å². The standard InChI is InChI=1S/C16H23N3O/c1-3-4-5-12-20-16-10-7-14(8-11-16)6-9-15-13-19(2)18-17-15/h7-8,10-11,13H,3-6,9,12H2,1-2H3. The van der Waals surface area contributed by atoms with Crippen LogP contribution in [0.2, 0.25) is 0 Å². The molecule has 0 radical (unpaired) electrons. The van der Waals surface area contributed by atoms with Crippen LogP contribution in [0.25, 0.3) is 0 Å². The molecule has 0 N–H and O–H groups in total. The number of benzene rings is 1. The van der Waals surface area contributed by atoms with Crippen molar-refractivity contribution in [1.29, 1.82) is 0 Å². The number of rotatable bonds is 8. The van der Waals surface area contributed by atoms with Crippen LogP contribution in [0.15, 0.2) is 30.5 Å². The fourth-order valence-corrected chi connectivity index (χ4v) is 2.08.